The molecule has 0 radical (unpaired) electrons. The van der Waals surface area contributed by atoms with Crippen molar-refractivity contribution in [3.8, 4) is 0 Å². The third-order valence-corrected chi connectivity index (χ3v) is 4.86. The molecule has 0 aliphatic heterocycles. The first kappa shape index (κ1) is 13.3. The Morgan fingerprint density at radius 3 is 2.33 bits per heavy atom. The fourth-order valence-electron chi connectivity index (χ4n) is 1.30. The summed E-state index contributed by atoms with van der Waals surface area (Å²) < 4.78 is 0. The van der Waals surface area contributed by atoms with E-state index in [1.165, 1.54) is 21.6 Å². The van der Waals surface area contributed by atoms with Crippen LogP contribution in [0.2, 0.25) is 5.02 Å². The Kier molecular flexibility index (Phi) is 4.58. The van der Waals surface area contributed by atoms with Crippen LogP contribution < -0.4 is 0 Å². The van der Waals surface area contributed by atoms with Crippen LogP contribution in [0.5, 0.6) is 0 Å². The van der Waals surface area contributed by atoms with Crippen molar-refractivity contribution in [1.82, 2.24) is 0 Å². The molecule has 0 aromatic heterocycles. The molecule has 0 aliphatic rings. The van der Waals surface area contributed by atoms with Gasteiger partial charge in [0, 0.05) is 14.8 Å². The Labute approximate surface area is 118 Å². The summed E-state index contributed by atoms with van der Waals surface area (Å²) in [6.45, 7) is 0. The molecule has 0 saturated heterocycles. The normalized spacial score (nSPS) is 10.3. The highest BCUT2D eigenvalue weighted by molar-refractivity contribution is 8.76. The number of carboxylic acids is 1. The second-order valence-electron chi connectivity index (χ2n) is 3.42. The van der Waals surface area contributed by atoms with Gasteiger partial charge in [-0.15, -0.1) is 0 Å². The lowest BCUT2D eigenvalue weighted by atomic mass is 10.2. The van der Waals surface area contributed by atoms with Gasteiger partial charge in [0.25, 0.3) is 0 Å². The lowest BCUT2D eigenvalue weighted by Crippen LogP contribution is -1.97. The fourth-order valence-corrected chi connectivity index (χ4v) is 3.56. The van der Waals surface area contributed by atoms with Crippen LogP contribution in [-0.4, -0.2) is 11.1 Å². The van der Waals surface area contributed by atoms with Crippen LogP contribution in [0.3, 0.4) is 0 Å². The molecule has 2 aromatic carbocycles. The van der Waals surface area contributed by atoms with Crippen molar-refractivity contribution in [3.05, 3.63) is 59.1 Å². The number of halogens is 1. The zero-order valence-electron chi connectivity index (χ0n) is 9.17. The molecule has 0 aliphatic carbocycles. The van der Waals surface area contributed by atoms with Gasteiger partial charge in [-0.1, -0.05) is 45.3 Å². The average molecular weight is 297 g/mol. The monoisotopic (exact) mass is 296 g/mol. The van der Waals surface area contributed by atoms with Gasteiger partial charge in [-0.05, 0) is 36.4 Å². The zero-order chi connectivity index (χ0) is 13.0. The van der Waals surface area contributed by atoms with Crippen molar-refractivity contribution in [2.75, 3.05) is 0 Å². The van der Waals surface area contributed by atoms with E-state index in [4.69, 9.17) is 16.7 Å². The summed E-state index contributed by atoms with van der Waals surface area (Å²) in [5, 5.41) is 9.75. The Hall–Kier alpha value is -1.10. The van der Waals surface area contributed by atoms with Crippen LogP contribution in [0.1, 0.15) is 10.4 Å². The first-order valence-electron chi connectivity index (χ1n) is 5.09. The van der Waals surface area contributed by atoms with Gasteiger partial charge in [0.15, 0.2) is 0 Å². The highest BCUT2D eigenvalue weighted by Crippen LogP contribution is 2.39. The molecule has 2 aromatic rings. The largest absolute Gasteiger partial charge is 0.478 e. The summed E-state index contributed by atoms with van der Waals surface area (Å²) >= 11 is 5.80. The number of rotatable bonds is 4. The van der Waals surface area contributed by atoms with Crippen LogP contribution in [0.4, 0.5) is 0 Å². The van der Waals surface area contributed by atoms with E-state index in [1.807, 2.05) is 30.3 Å². The number of carboxylic acid groups (broad SMARTS) is 1. The smallest absolute Gasteiger partial charge is 0.336 e. The predicted molar refractivity (Wildman–Crippen MR) is 76.6 cm³/mol. The van der Waals surface area contributed by atoms with Gasteiger partial charge in [0.2, 0.25) is 0 Å². The van der Waals surface area contributed by atoms with Crippen molar-refractivity contribution >= 4 is 39.2 Å². The van der Waals surface area contributed by atoms with Crippen molar-refractivity contribution in [2.24, 2.45) is 0 Å². The maximum Gasteiger partial charge on any atom is 0.336 e. The quantitative estimate of drug-likeness (QED) is 0.819. The Bertz CT molecular complexity index is 555. The lowest BCUT2D eigenvalue weighted by molar-refractivity contribution is 0.0693. The first-order chi connectivity index (χ1) is 8.66. The first-order valence-corrected chi connectivity index (χ1v) is 7.62. The maximum atomic E-state index is 11.0. The SMILES string of the molecule is O=C(O)c1ccccc1SSc1ccc(Cl)cc1. The minimum Gasteiger partial charge on any atom is -0.478 e. The topological polar surface area (TPSA) is 37.3 Å². The number of benzene rings is 2. The highest BCUT2D eigenvalue weighted by Gasteiger charge is 2.09. The van der Waals surface area contributed by atoms with Gasteiger partial charge < -0.3 is 5.11 Å². The van der Waals surface area contributed by atoms with E-state index >= 15 is 0 Å². The zero-order valence-corrected chi connectivity index (χ0v) is 11.6. The predicted octanol–water partition coefficient (Wildman–Crippen LogP) is 4.84. The average Bonchev–Trinajstić information content (AvgIpc) is 2.38. The van der Waals surface area contributed by atoms with Gasteiger partial charge in [0.1, 0.15) is 0 Å². The van der Waals surface area contributed by atoms with Crippen LogP contribution >= 0.6 is 33.2 Å². The Morgan fingerprint density at radius 2 is 1.67 bits per heavy atom. The third kappa shape index (κ3) is 3.45. The lowest BCUT2D eigenvalue weighted by Gasteiger charge is -2.04. The molecule has 0 unspecified atom stereocenters. The molecule has 0 bridgehead atoms. The summed E-state index contributed by atoms with van der Waals surface area (Å²) in [6.07, 6.45) is 0. The van der Waals surface area contributed by atoms with Gasteiger partial charge in [-0.25, -0.2) is 4.79 Å². The van der Waals surface area contributed by atoms with Crippen LogP contribution in [0.25, 0.3) is 0 Å². The molecule has 18 heavy (non-hydrogen) atoms. The second kappa shape index (κ2) is 6.18. The van der Waals surface area contributed by atoms with Crippen molar-refractivity contribution in [1.29, 1.82) is 0 Å². The summed E-state index contributed by atoms with van der Waals surface area (Å²) in [5.74, 6) is -0.908. The summed E-state index contributed by atoms with van der Waals surface area (Å²) in [5.41, 5.74) is 0.323. The van der Waals surface area contributed by atoms with E-state index in [1.54, 1.807) is 18.2 Å². The van der Waals surface area contributed by atoms with Crippen molar-refractivity contribution in [2.45, 2.75) is 9.79 Å². The Morgan fingerprint density at radius 1 is 1.00 bits per heavy atom. The molecule has 0 atom stereocenters. The molecule has 0 saturated carbocycles. The molecule has 92 valence electrons. The minimum absolute atomic E-state index is 0.323. The second-order valence-corrected chi connectivity index (χ2v) is 6.10. The van der Waals surface area contributed by atoms with E-state index < -0.39 is 5.97 Å². The number of aromatic carboxylic acids is 1. The standard InChI is InChI=1S/C13H9ClO2S2/c14-9-5-7-10(8-6-9)17-18-12-4-2-1-3-11(12)13(15)16/h1-8H,(H,15,16). The molecule has 0 spiro atoms. The van der Waals surface area contributed by atoms with Gasteiger partial charge in [-0.3, -0.25) is 0 Å². The van der Waals surface area contributed by atoms with Gasteiger partial charge >= 0.3 is 5.97 Å². The third-order valence-electron chi connectivity index (χ3n) is 2.16. The molecular formula is C13H9ClO2S2. The van der Waals surface area contributed by atoms with E-state index in [0.717, 1.165) is 9.79 Å². The molecule has 0 heterocycles. The molecular weight excluding hydrogens is 288 g/mol. The number of hydrogen-bond donors (Lipinski definition) is 1. The van der Waals surface area contributed by atoms with Crippen LogP contribution in [0, 0.1) is 0 Å². The molecule has 0 fully saturated rings. The van der Waals surface area contributed by atoms with Gasteiger partial charge in [-0.2, -0.15) is 0 Å². The maximum absolute atomic E-state index is 11.0. The van der Waals surface area contributed by atoms with E-state index in [0.29, 0.717) is 10.6 Å². The van der Waals surface area contributed by atoms with E-state index in [-0.39, 0.29) is 0 Å². The molecule has 0 amide bonds. The van der Waals surface area contributed by atoms with Crippen molar-refractivity contribution in [3.63, 3.8) is 0 Å². The van der Waals surface area contributed by atoms with Gasteiger partial charge in [0.05, 0.1) is 5.56 Å². The van der Waals surface area contributed by atoms with E-state index in [2.05, 4.69) is 0 Å². The van der Waals surface area contributed by atoms with Crippen LogP contribution in [0.15, 0.2) is 58.3 Å². The molecule has 1 N–H and O–H groups in total. The highest BCUT2D eigenvalue weighted by atomic mass is 35.5. The molecule has 5 heteroatoms. The van der Waals surface area contributed by atoms with E-state index in [9.17, 15) is 4.79 Å². The fraction of sp³-hybridized carbons (Fsp3) is 0. The number of carbonyl (C=O) groups is 1. The van der Waals surface area contributed by atoms with Crippen molar-refractivity contribution < 1.29 is 9.90 Å². The summed E-state index contributed by atoms with van der Waals surface area (Å²) in [4.78, 5) is 12.8. The number of hydrogen-bond acceptors (Lipinski definition) is 3. The van der Waals surface area contributed by atoms with Crippen LogP contribution in [-0.2, 0) is 0 Å². The molecule has 2 nitrogen and oxygen atoms in total. The Balaban J connectivity index is 2.10. The minimum atomic E-state index is -0.908. The summed E-state index contributed by atoms with van der Waals surface area (Å²) in [6, 6.07) is 14.4. The summed E-state index contributed by atoms with van der Waals surface area (Å²) in [7, 11) is 2.94. The molecule has 2 rings (SSSR count).